The number of carbonyl (C=O) groups is 1. The van der Waals surface area contributed by atoms with Crippen LogP contribution in [0.2, 0.25) is 0 Å². The molecule has 3 N–H and O–H groups in total. The number of nitrogens with one attached hydrogen (secondary N) is 1. The summed E-state index contributed by atoms with van der Waals surface area (Å²) in [5.74, 6) is 1.03. The minimum absolute atomic E-state index is 0.0739. The molecule has 1 unspecified atom stereocenters. The molecule has 0 aromatic heterocycles. The summed E-state index contributed by atoms with van der Waals surface area (Å²) in [6.07, 6.45) is 0.662. The van der Waals surface area contributed by atoms with Gasteiger partial charge in [-0.3, -0.25) is 9.69 Å². The molecule has 0 heterocycles. The average molecular weight is 287 g/mol. The summed E-state index contributed by atoms with van der Waals surface area (Å²) < 4.78 is 0. The summed E-state index contributed by atoms with van der Waals surface area (Å²) in [7, 11) is 0. The van der Waals surface area contributed by atoms with E-state index in [4.69, 9.17) is 18.0 Å². The van der Waals surface area contributed by atoms with Crippen LogP contribution in [0, 0.1) is 11.8 Å². The number of hydrogen-bond acceptors (Lipinski definition) is 3. The molecular formula is C14H29N3OS. The van der Waals surface area contributed by atoms with Crippen LogP contribution < -0.4 is 11.1 Å². The van der Waals surface area contributed by atoms with Gasteiger partial charge in [-0.05, 0) is 18.8 Å². The molecule has 0 bridgehead atoms. The molecule has 1 amide bonds. The number of amides is 1. The second-order valence-electron chi connectivity index (χ2n) is 5.95. The van der Waals surface area contributed by atoms with Crippen molar-refractivity contribution in [2.24, 2.45) is 17.6 Å². The van der Waals surface area contributed by atoms with Gasteiger partial charge in [0.1, 0.15) is 0 Å². The van der Waals surface area contributed by atoms with E-state index in [2.05, 4.69) is 37.9 Å². The predicted octanol–water partition coefficient (Wildman–Crippen LogP) is 1.78. The normalized spacial score (nSPS) is 13.1. The van der Waals surface area contributed by atoms with Crippen LogP contribution in [0.15, 0.2) is 0 Å². The number of carbonyl (C=O) groups excluding carboxylic acids is 1. The highest BCUT2D eigenvalue weighted by atomic mass is 32.1. The Balaban J connectivity index is 4.29. The van der Waals surface area contributed by atoms with Crippen LogP contribution >= 0.6 is 12.2 Å². The third-order valence-corrected chi connectivity index (χ3v) is 3.26. The summed E-state index contributed by atoms with van der Waals surface area (Å²) in [5, 5.41) is 3.03. The first-order valence-corrected chi connectivity index (χ1v) is 7.43. The summed E-state index contributed by atoms with van der Waals surface area (Å²) in [5.41, 5.74) is 5.53. The van der Waals surface area contributed by atoms with E-state index in [1.807, 2.05) is 6.92 Å². The summed E-state index contributed by atoms with van der Waals surface area (Å²) in [6, 6.07) is 0.198. The standard InChI is InChI=1S/C14H29N3OS/c1-10(2)8-17(7-6-13(15)19)9-14(18)16-12(5)11(3)4/h10-12H,6-9H2,1-5H3,(H2,15,19)(H,16,18). The summed E-state index contributed by atoms with van der Waals surface area (Å²) >= 11 is 4.90. The van der Waals surface area contributed by atoms with Gasteiger partial charge in [0.15, 0.2) is 0 Å². The first-order chi connectivity index (χ1) is 8.72. The van der Waals surface area contributed by atoms with Crippen molar-refractivity contribution in [3.8, 4) is 0 Å². The van der Waals surface area contributed by atoms with Gasteiger partial charge in [-0.1, -0.05) is 39.9 Å². The molecule has 0 aromatic rings. The van der Waals surface area contributed by atoms with Gasteiger partial charge in [-0.15, -0.1) is 0 Å². The fourth-order valence-corrected chi connectivity index (χ4v) is 1.78. The van der Waals surface area contributed by atoms with Gasteiger partial charge in [-0.25, -0.2) is 0 Å². The lowest BCUT2D eigenvalue weighted by molar-refractivity contribution is -0.123. The maximum Gasteiger partial charge on any atom is 0.234 e. The quantitative estimate of drug-likeness (QED) is 0.635. The zero-order valence-electron chi connectivity index (χ0n) is 12.9. The average Bonchev–Trinajstić information content (AvgIpc) is 2.24. The molecule has 0 aromatic carbocycles. The predicted molar refractivity (Wildman–Crippen MR) is 85.1 cm³/mol. The van der Waals surface area contributed by atoms with Crippen LogP contribution in [0.1, 0.15) is 41.0 Å². The number of nitrogens with two attached hydrogens (primary N) is 1. The molecule has 4 nitrogen and oxygen atoms in total. The highest BCUT2D eigenvalue weighted by molar-refractivity contribution is 7.80. The molecule has 0 spiro atoms. The number of hydrogen-bond donors (Lipinski definition) is 2. The number of thiocarbonyl (C=S) groups is 1. The molecule has 0 fully saturated rings. The molecule has 0 saturated carbocycles. The third-order valence-electron chi connectivity index (χ3n) is 3.05. The smallest absolute Gasteiger partial charge is 0.234 e. The lowest BCUT2D eigenvalue weighted by Crippen LogP contribution is -2.44. The van der Waals surface area contributed by atoms with Crippen molar-refractivity contribution < 1.29 is 4.79 Å². The first kappa shape index (κ1) is 18.3. The molecule has 19 heavy (non-hydrogen) atoms. The lowest BCUT2D eigenvalue weighted by atomic mass is 10.1. The Morgan fingerprint density at radius 2 is 1.84 bits per heavy atom. The fourth-order valence-electron chi connectivity index (χ4n) is 1.69. The van der Waals surface area contributed by atoms with Gasteiger partial charge < -0.3 is 11.1 Å². The molecule has 0 aliphatic carbocycles. The zero-order valence-corrected chi connectivity index (χ0v) is 13.7. The fraction of sp³-hybridized carbons (Fsp3) is 0.857. The van der Waals surface area contributed by atoms with E-state index in [0.717, 1.165) is 13.1 Å². The van der Waals surface area contributed by atoms with Crippen LogP contribution in [0.25, 0.3) is 0 Å². The topological polar surface area (TPSA) is 58.4 Å². The molecule has 0 aliphatic heterocycles. The highest BCUT2D eigenvalue weighted by Crippen LogP contribution is 2.02. The van der Waals surface area contributed by atoms with Gasteiger partial charge >= 0.3 is 0 Å². The van der Waals surface area contributed by atoms with Gasteiger partial charge in [0.2, 0.25) is 5.91 Å². The SMILES string of the molecule is CC(C)CN(CCC(N)=S)CC(=O)NC(C)C(C)C. The Morgan fingerprint density at radius 3 is 2.26 bits per heavy atom. The van der Waals surface area contributed by atoms with E-state index in [1.54, 1.807) is 0 Å². The summed E-state index contributed by atoms with van der Waals surface area (Å²) in [6.45, 7) is 12.6. The Labute approximate surface area is 123 Å². The van der Waals surface area contributed by atoms with E-state index in [0.29, 0.717) is 29.8 Å². The monoisotopic (exact) mass is 287 g/mol. The lowest BCUT2D eigenvalue weighted by Gasteiger charge is -2.25. The van der Waals surface area contributed by atoms with E-state index < -0.39 is 0 Å². The van der Waals surface area contributed by atoms with E-state index in [1.165, 1.54) is 0 Å². The van der Waals surface area contributed by atoms with Crippen LogP contribution in [-0.4, -0.2) is 41.5 Å². The van der Waals surface area contributed by atoms with E-state index >= 15 is 0 Å². The molecule has 0 saturated heterocycles. The first-order valence-electron chi connectivity index (χ1n) is 7.02. The second-order valence-corrected chi connectivity index (χ2v) is 6.47. The van der Waals surface area contributed by atoms with Crippen molar-refractivity contribution >= 4 is 23.1 Å². The van der Waals surface area contributed by atoms with Crippen LogP contribution in [0.4, 0.5) is 0 Å². The minimum atomic E-state index is 0.0739. The van der Waals surface area contributed by atoms with Crippen molar-refractivity contribution in [1.29, 1.82) is 0 Å². The zero-order chi connectivity index (χ0) is 15.0. The van der Waals surface area contributed by atoms with Crippen molar-refractivity contribution in [2.75, 3.05) is 19.6 Å². The van der Waals surface area contributed by atoms with Gasteiger partial charge in [-0.2, -0.15) is 0 Å². The van der Waals surface area contributed by atoms with Crippen molar-refractivity contribution in [1.82, 2.24) is 10.2 Å². The van der Waals surface area contributed by atoms with Crippen molar-refractivity contribution in [2.45, 2.75) is 47.1 Å². The molecular weight excluding hydrogens is 258 g/mol. The third kappa shape index (κ3) is 9.85. The van der Waals surface area contributed by atoms with Gasteiger partial charge in [0, 0.05) is 25.6 Å². The maximum atomic E-state index is 12.0. The minimum Gasteiger partial charge on any atom is -0.393 e. The van der Waals surface area contributed by atoms with Crippen LogP contribution in [-0.2, 0) is 4.79 Å². The Kier molecular flexibility index (Phi) is 8.93. The molecule has 0 rings (SSSR count). The van der Waals surface area contributed by atoms with Crippen LogP contribution in [0.5, 0.6) is 0 Å². The Morgan fingerprint density at radius 1 is 1.26 bits per heavy atom. The Bertz CT molecular complexity index is 292. The largest absolute Gasteiger partial charge is 0.393 e. The Hall–Kier alpha value is -0.680. The maximum absolute atomic E-state index is 12.0. The molecule has 0 aliphatic rings. The highest BCUT2D eigenvalue weighted by Gasteiger charge is 2.15. The molecule has 1 atom stereocenters. The van der Waals surface area contributed by atoms with E-state index in [-0.39, 0.29) is 11.9 Å². The summed E-state index contributed by atoms with van der Waals surface area (Å²) in [4.78, 5) is 14.6. The van der Waals surface area contributed by atoms with Crippen molar-refractivity contribution in [3.63, 3.8) is 0 Å². The van der Waals surface area contributed by atoms with Gasteiger partial charge in [0.05, 0.1) is 11.5 Å². The second kappa shape index (κ2) is 9.26. The number of rotatable bonds is 9. The van der Waals surface area contributed by atoms with Crippen LogP contribution in [0.3, 0.4) is 0 Å². The molecule has 0 radical (unpaired) electrons. The number of nitrogens with zero attached hydrogens (tertiary/aromatic N) is 1. The van der Waals surface area contributed by atoms with E-state index in [9.17, 15) is 4.79 Å². The van der Waals surface area contributed by atoms with Gasteiger partial charge in [0.25, 0.3) is 0 Å². The molecule has 5 heteroatoms. The molecule has 112 valence electrons. The van der Waals surface area contributed by atoms with Crippen molar-refractivity contribution in [3.05, 3.63) is 0 Å².